The molecule has 0 saturated heterocycles. The zero-order valence-electron chi connectivity index (χ0n) is 69.2. The molecule has 7 aromatic heterocycles. The molecule has 0 bridgehead atoms. The zero-order chi connectivity index (χ0) is 84.8. The van der Waals surface area contributed by atoms with E-state index in [0.29, 0.717) is 0 Å². The third-order valence-electron chi connectivity index (χ3n) is 24.3. The van der Waals surface area contributed by atoms with Crippen molar-refractivity contribution < 1.29 is 0 Å². The molecule has 0 amide bonds. The Morgan fingerprint density at radius 1 is 0.203 bits per heavy atom. The highest BCUT2D eigenvalue weighted by molar-refractivity contribution is 7.26. The van der Waals surface area contributed by atoms with Gasteiger partial charge < -0.3 is 0 Å². The molecule has 25 rings (SSSR count). The number of benzene rings is 18. The number of aromatic nitrogens is 9. The minimum atomic E-state index is 0.726. The van der Waals surface area contributed by atoms with Crippen LogP contribution in [0, 0.1) is 0 Å². The molecule has 18 aromatic carbocycles. The van der Waals surface area contributed by atoms with Gasteiger partial charge in [-0.2, -0.15) is 0 Å². The van der Waals surface area contributed by atoms with Gasteiger partial charge in [-0.05, 0) is 156 Å². The molecule has 0 saturated carbocycles. The van der Waals surface area contributed by atoms with E-state index in [0.717, 1.165) is 138 Å². The minimum absolute atomic E-state index is 0.726. The second-order valence-corrected chi connectivity index (χ2v) is 33.1. The van der Waals surface area contributed by atoms with E-state index < -0.39 is 0 Å². The summed E-state index contributed by atoms with van der Waals surface area (Å²) in [5, 5.41) is 12.8. The number of rotatable bonds is 12. The predicted molar refractivity (Wildman–Crippen MR) is 534 cm³/mol. The monoisotopic (exact) mass is 1650 g/mol. The lowest BCUT2D eigenvalue weighted by Crippen LogP contribution is -1.97. The molecule has 0 aliphatic rings. The SMILES string of the molecule is c1ccc(-c2nc(-c3ccc(-c4cccc(-c5cccc6c5ccc5cccnc56)c4)cc3)nc3c2sc2ccccc23)cc1.c1ccc(-c2nc(-c3ccc(-c4cccc(-c5cccc6c5ccc5cccnc56)c4)cc3)nc3ccccc23)cc1.c1ccc(-n2c(-c3ccc(-c4cccc(-c5cccc6c5ccc5cccnc56)c4)cc3)nc3ccccc32)cc1. The van der Waals surface area contributed by atoms with Crippen LogP contribution >= 0.6 is 11.3 Å². The zero-order valence-corrected chi connectivity index (χ0v) is 70.1. The van der Waals surface area contributed by atoms with E-state index in [1.807, 2.05) is 85.3 Å². The average Bonchev–Trinajstić information content (AvgIpc) is 1.52. The smallest absolute Gasteiger partial charge is 0.160 e. The third kappa shape index (κ3) is 14.3. The van der Waals surface area contributed by atoms with Crippen LogP contribution in [0.3, 0.4) is 0 Å². The summed E-state index contributed by atoms with van der Waals surface area (Å²) in [7, 11) is 0. The molecule has 7 heterocycles. The van der Waals surface area contributed by atoms with Gasteiger partial charge in [0, 0.05) is 99.9 Å². The van der Waals surface area contributed by atoms with Crippen molar-refractivity contribution in [1.82, 2.24) is 44.4 Å². The van der Waals surface area contributed by atoms with Crippen LogP contribution in [0.5, 0.6) is 0 Å². The van der Waals surface area contributed by atoms with Crippen molar-refractivity contribution >= 4 is 119 Å². The van der Waals surface area contributed by atoms with E-state index in [1.165, 1.54) is 98.0 Å². The maximum atomic E-state index is 5.14. The molecule has 10 heteroatoms. The van der Waals surface area contributed by atoms with Gasteiger partial charge in [0.25, 0.3) is 0 Å². The highest BCUT2D eigenvalue weighted by Crippen LogP contribution is 2.44. The maximum Gasteiger partial charge on any atom is 0.160 e. The third-order valence-corrected chi connectivity index (χ3v) is 25.5. The normalized spacial score (nSPS) is 11.4. The van der Waals surface area contributed by atoms with Gasteiger partial charge >= 0.3 is 0 Å². The van der Waals surface area contributed by atoms with E-state index in [4.69, 9.17) is 24.9 Å². The van der Waals surface area contributed by atoms with E-state index in [1.54, 1.807) is 11.3 Å². The van der Waals surface area contributed by atoms with Crippen LogP contribution in [0.25, 0.3) is 236 Å². The molecule has 0 N–H and O–H groups in total. The van der Waals surface area contributed by atoms with Crippen LogP contribution in [0.4, 0.5) is 0 Å². The lowest BCUT2D eigenvalue weighted by Gasteiger charge is -2.12. The van der Waals surface area contributed by atoms with Crippen LogP contribution in [-0.4, -0.2) is 44.4 Å². The van der Waals surface area contributed by atoms with Crippen molar-refractivity contribution in [3.05, 3.63) is 455 Å². The number of para-hydroxylation sites is 4. The van der Waals surface area contributed by atoms with Gasteiger partial charge in [0.2, 0.25) is 0 Å². The molecule has 0 aliphatic carbocycles. The second kappa shape index (κ2) is 33.0. The summed E-state index contributed by atoms with van der Waals surface area (Å²) in [6.07, 6.45) is 5.60. The van der Waals surface area contributed by atoms with Gasteiger partial charge in [-0.1, -0.05) is 364 Å². The lowest BCUT2D eigenvalue weighted by atomic mass is 9.94. The molecule has 0 aliphatic heterocycles. The Balaban J connectivity index is 0.000000110. The number of hydrogen-bond acceptors (Lipinski definition) is 9. The molecule has 0 radical (unpaired) electrons. The van der Waals surface area contributed by atoms with Crippen LogP contribution in [-0.2, 0) is 0 Å². The standard InChI is InChI=1S/C41H25N3S.C39H25N3.C38H25N3/c1-2-9-27(10-3-1)38-40-39(35-14-4-5-17-36(35)45-40)44-41(43-38)29-20-18-26(19-21-29)30-11-6-12-31(25-30)32-15-7-16-34-33(32)23-22-28-13-8-24-42-37(28)34;1-2-9-27(10-3-1)38-35-14-4-5-17-36(35)41-39(42-38)29-20-18-26(19-21-29)30-11-6-12-31(25-30)32-15-7-16-34-33(32)23-22-28-13-8-24-40-37(28)34;1-2-12-31(13-3-1)41-36-17-5-4-16-35(36)40-38(41)28-20-18-26(19-21-28)29-9-6-10-30(25-29)32-14-7-15-34-33(32)23-22-27-11-8-24-39-37(27)34/h1-25H;1-25H;1-25H. The lowest BCUT2D eigenvalue weighted by molar-refractivity contribution is 1.10. The summed E-state index contributed by atoms with van der Waals surface area (Å²) in [6, 6.07) is 153. The summed E-state index contributed by atoms with van der Waals surface area (Å²) in [5.41, 5.74) is 29.6. The molecule has 25 aromatic rings. The Hall–Kier alpha value is -16.9. The fourth-order valence-corrected chi connectivity index (χ4v) is 19.2. The fraction of sp³-hybridized carbons (Fsp3) is 0. The Morgan fingerprint density at radius 3 is 1.08 bits per heavy atom. The first kappa shape index (κ1) is 76.0. The largest absolute Gasteiger partial charge is 0.292 e. The van der Waals surface area contributed by atoms with Gasteiger partial charge in [-0.3, -0.25) is 19.5 Å². The molecular weight excluding hydrogens is 1580 g/mol. The number of imidazole rings is 1. The Kier molecular flexibility index (Phi) is 19.6. The molecule has 0 atom stereocenters. The van der Waals surface area contributed by atoms with Crippen molar-refractivity contribution in [1.29, 1.82) is 0 Å². The van der Waals surface area contributed by atoms with Gasteiger partial charge in [0.15, 0.2) is 11.6 Å². The van der Waals surface area contributed by atoms with Gasteiger partial charge in [0.05, 0.1) is 54.7 Å². The summed E-state index contributed by atoms with van der Waals surface area (Å²) in [5.74, 6) is 2.40. The van der Waals surface area contributed by atoms with E-state index in [2.05, 4.69) is 390 Å². The number of nitrogens with zero attached hydrogens (tertiary/aromatic N) is 9. The topological polar surface area (TPSA) is 108 Å². The summed E-state index contributed by atoms with van der Waals surface area (Å²) >= 11 is 1.76. The molecule has 9 nitrogen and oxygen atoms in total. The Morgan fingerprint density at radius 2 is 0.578 bits per heavy atom. The van der Waals surface area contributed by atoms with Gasteiger partial charge in [0.1, 0.15) is 5.82 Å². The van der Waals surface area contributed by atoms with Crippen molar-refractivity contribution in [3.63, 3.8) is 0 Å². The van der Waals surface area contributed by atoms with Crippen LogP contribution in [0.1, 0.15) is 0 Å². The Labute approximate surface area is 742 Å². The molecule has 0 fully saturated rings. The van der Waals surface area contributed by atoms with Crippen LogP contribution in [0.2, 0.25) is 0 Å². The summed E-state index contributed by atoms with van der Waals surface area (Å²) in [4.78, 5) is 39.3. The molecule has 598 valence electrons. The minimum Gasteiger partial charge on any atom is -0.292 e. The number of thiophene rings is 1. The van der Waals surface area contributed by atoms with Crippen molar-refractivity contribution in [3.8, 4) is 129 Å². The van der Waals surface area contributed by atoms with Gasteiger partial charge in [-0.15, -0.1) is 11.3 Å². The van der Waals surface area contributed by atoms with E-state index in [-0.39, 0.29) is 0 Å². The maximum absolute atomic E-state index is 5.14. The average molecular weight is 1650 g/mol. The number of fused-ring (bicyclic) bond motifs is 14. The van der Waals surface area contributed by atoms with E-state index >= 15 is 0 Å². The van der Waals surface area contributed by atoms with Crippen molar-refractivity contribution in [2.45, 2.75) is 0 Å². The number of hydrogen-bond donors (Lipinski definition) is 0. The number of pyridine rings is 3. The Bertz CT molecular complexity index is 8550. The summed E-state index contributed by atoms with van der Waals surface area (Å²) in [6.45, 7) is 0. The fourth-order valence-electron chi connectivity index (χ4n) is 18.1. The second-order valence-electron chi connectivity index (χ2n) is 32.0. The van der Waals surface area contributed by atoms with Crippen molar-refractivity contribution in [2.75, 3.05) is 0 Å². The molecule has 0 unspecified atom stereocenters. The van der Waals surface area contributed by atoms with Crippen molar-refractivity contribution in [2.24, 2.45) is 0 Å². The molecule has 0 spiro atoms. The van der Waals surface area contributed by atoms with Crippen LogP contribution in [0.15, 0.2) is 455 Å². The van der Waals surface area contributed by atoms with Gasteiger partial charge in [-0.25, -0.2) is 24.9 Å². The molecule has 128 heavy (non-hydrogen) atoms. The quantitative estimate of drug-likeness (QED) is 0.111. The first-order valence-electron chi connectivity index (χ1n) is 43.0. The summed E-state index contributed by atoms with van der Waals surface area (Å²) < 4.78 is 4.59. The molecular formula is C118H75N9S. The first-order valence-corrected chi connectivity index (χ1v) is 43.8. The van der Waals surface area contributed by atoms with Crippen LogP contribution < -0.4 is 0 Å². The first-order chi connectivity index (χ1) is 63.4. The highest BCUT2D eigenvalue weighted by Gasteiger charge is 2.21. The highest BCUT2D eigenvalue weighted by atomic mass is 32.1. The predicted octanol–water partition coefficient (Wildman–Crippen LogP) is 30.9. The van der Waals surface area contributed by atoms with E-state index in [9.17, 15) is 0 Å².